The summed E-state index contributed by atoms with van der Waals surface area (Å²) >= 11 is 0. The molecule has 0 aromatic rings. The number of hydrogen-bond donors (Lipinski definition) is 0. The van der Waals surface area contributed by atoms with Crippen molar-refractivity contribution in [3.05, 3.63) is 0 Å². The van der Waals surface area contributed by atoms with Gasteiger partial charge in [-0.05, 0) is 39.3 Å². The Hall–Kier alpha value is -0.550. The van der Waals surface area contributed by atoms with E-state index in [1.807, 2.05) is 0 Å². The van der Waals surface area contributed by atoms with Crippen LogP contribution in [0, 0.1) is 11.3 Å². The summed E-state index contributed by atoms with van der Waals surface area (Å²) in [6, 6.07) is 2.45. The monoisotopic (exact) mass is 166 g/mol. The second-order valence-electron chi connectivity index (χ2n) is 3.83. The molecule has 1 aliphatic heterocycles. The van der Waals surface area contributed by atoms with Crippen LogP contribution in [0.4, 0.5) is 0 Å². The zero-order valence-corrected chi connectivity index (χ0v) is 8.14. The van der Waals surface area contributed by atoms with Gasteiger partial charge in [-0.25, -0.2) is 0 Å². The summed E-state index contributed by atoms with van der Waals surface area (Å²) < 4.78 is 0. The summed E-state index contributed by atoms with van der Waals surface area (Å²) in [5, 5.41) is 9.09. The van der Waals surface area contributed by atoms with Crippen molar-refractivity contribution in [1.82, 2.24) is 4.90 Å². The summed E-state index contributed by atoms with van der Waals surface area (Å²) in [5.41, 5.74) is -0.189. The molecule has 2 nitrogen and oxygen atoms in total. The standard InChI is InChI=1S/C10H18N2/c1-3-6-10(2,9-11)12-7-4-5-8-12/h3-8H2,1-2H3. The van der Waals surface area contributed by atoms with E-state index in [2.05, 4.69) is 24.8 Å². The first-order valence-electron chi connectivity index (χ1n) is 4.89. The fourth-order valence-corrected chi connectivity index (χ4v) is 1.98. The Morgan fingerprint density at radius 2 is 2.00 bits per heavy atom. The summed E-state index contributed by atoms with van der Waals surface area (Å²) in [7, 11) is 0. The third-order valence-electron chi connectivity index (χ3n) is 2.78. The molecule has 0 aliphatic carbocycles. The number of nitriles is 1. The zero-order chi connectivity index (χ0) is 9.03. The smallest absolute Gasteiger partial charge is 0.106 e. The van der Waals surface area contributed by atoms with Crippen LogP contribution in [0.5, 0.6) is 0 Å². The van der Waals surface area contributed by atoms with Crippen LogP contribution in [0.15, 0.2) is 0 Å². The summed E-state index contributed by atoms with van der Waals surface area (Å²) in [6.45, 7) is 6.45. The number of likely N-dealkylation sites (tertiary alicyclic amines) is 1. The Morgan fingerprint density at radius 1 is 1.42 bits per heavy atom. The molecule has 2 heteroatoms. The Kier molecular flexibility index (Phi) is 3.11. The molecule has 1 rings (SSSR count). The molecule has 0 aromatic carbocycles. The molecule has 0 saturated carbocycles. The van der Waals surface area contributed by atoms with Crippen LogP contribution in [0.1, 0.15) is 39.5 Å². The van der Waals surface area contributed by atoms with E-state index in [-0.39, 0.29) is 5.54 Å². The van der Waals surface area contributed by atoms with Gasteiger partial charge in [0.15, 0.2) is 0 Å². The second-order valence-corrected chi connectivity index (χ2v) is 3.83. The molecule has 1 unspecified atom stereocenters. The SMILES string of the molecule is CCCC(C)(C#N)N1CCCC1. The predicted octanol–water partition coefficient (Wildman–Crippen LogP) is 2.16. The summed E-state index contributed by atoms with van der Waals surface area (Å²) in [5.74, 6) is 0. The Morgan fingerprint density at radius 3 is 2.42 bits per heavy atom. The third-order valence-corrected chi connectivity index (χ3v) is 2.78. The topological polar surface area (TPSA) is 27.0 Å². The van der Waals surface area contributed by atoms with Crippen molar-refractivity contribution in [2.75, 3.05) is 13.1 Å². The van der Waals surface area contributed by atoms with Crippen LogP contribution in [0.25, 0.3) is 0 Å². The lowest BCUT2D eigenvalue weighted by molar-refractivity contribution is 0.179. The first-order valence-corrected chi connectivity index (χ1v) is 4.89. The molecule has 1 heterocycles. The minimum atomic E-state index is -0.189. The molecule has 0 aromatic heterocycles. The molecule has 1 aliphatic rings. The molecule has 0 bridgehead atoms. The lowest BCUT2D eigenvalue weighted by atomic mass is 9.96. The van der Waals surface area contributed by atoms with Crippen molar-refractivity contribution in [3.8, 4) is 6.07 Å². The summed E-state index contributed by atoms with van der Waals surface area (Å²) in [4.78, 5) is 2.33. The van der Waals surface area contributed by atoms with Crippen LogP contribution >= 0.6 is 0 Å². The first kappa shape index (κ1) is 9.54. The molecule has 0 radical (unpaired) electrons. The number of rotatable bonds is 3. The molecular weight excluding hydrogens is 148 g/mol. The van der Waals surface area contributed by atoms with Crippen molar-refractivity contribution in [2.24, 2.45) is 0 Å². The van der Waals surface area contributed by atoms with Gasteiger partial charge in [0.2, 0.25) is 0 Å². The van der Waals surface area contributed by atoms with E-state index in [1.165, 1.54) is 12.8 Å². The molecule has 12 heavy (non-hydrogen) atoms. The first-order chi connectivity index (χ1) is 5.73. The average Bonchev–Trinajstić information content (AvgIpc) is 2.57. The maximum atomic E-state index is 9.09. The highest BCUT2D eigenvalue weighted by atomic mass is 15.2. The van der Waals surface area contributed by atoms with Crippen molar-refractivity contribution in [3.63, 3.8) is 0 Å². The summed E-state index contributed by atoms with van der Waals surface area (Å²) in [6.07, 6.45) is 4.63. The van der Waals surface area contributed by atoms with Crippen molar-refractivity contribution in [2.45, 2.75) is 45.1 Å². The molecule has 0 N–H and O–H groups in total. The lowest BCUT2D eigenvalue weighted by Gasteiger charge is -2.31. The van der Waals surface area contributed by atoms with Crippen LogP contribution in [0.2, 0.25) is 0 Å². The van der Waals surface area contributed by atoms with Gasteiger partial charge in [-0.1, -0.05) is 13.3 Å². The fourth-order valence-electron chi connectivity index (χ4n) is 1.98. The van der Waals surface area contributed by atoms with Gasteiger partial charge < -0.3 is 0 Å². The van der Waals surface area contributed by atoms with E-state index in [4.69, 9.17) is 5.26 Å². The maximum Gasteiger partial charge on any atom is 0.106 e. The number of hydrogen-bond acceptors (Lipinski definition) is 2. The van der Waals surface area contributed by atoms with Crippen LogP contribution < -0.4 is 0 Å². The van der Waals surface area contributed by atoms with Crippen molar-refractivity contribution < 1.29 is 0 Å². The Bertz CT molecular complexity index is 177. The fraction of sp³-hybridized carbons (Fsp3) is 0.900. The lowest BCUT2D eigenvalue weighted by Crippen LogP contribution is -2.43. The normalized spacial score (nSPS) is 23.4. The van der Waals surface area contributed by atoms with Crippen molar-refractivity contribution in [1.29, 1.82) is 5.26 Å². The van der Waals surface area contributed by atoms with E-state index in [1.54, 1.807) is 0 Å². The van der Waals surface area contributed by atoms with Gasteiger partial charge in [-0.2, -0.15) is 5.26 Å². The van der Waals surface area contributed by atoms with Crippen LogP contribution in [-0.4, -0.2) is 23.5 Å². The quantitative estimate of drug-likeness (QED) is 0.642. The maximum absolute atomic E-state index is 9.09. The van der Waals surface area contributed by atoms with Gasteiger partial charge >= 0.3 is 0 Å². The average molecular weight is 166 g/mol. The Labute approximate surface area is 75.2 Å². The van der Waals surface area contributed by atoms with Gasteiger partial charge in [0.1, 0.15) is 5.54 Å². The second kappa shape index (κ2) is 3.91. The molecule has 0 spiro atoms. The minimum absolute atomic E-state index is 0.189. The van der Waals surface area contributed by atoms with Gasteiger partial charge in [0.25, 0.3) is 0 Å². The van der Waals surface area contributed by atoms with Gasteiger partial charge in [0, 0.05) is 0 Å². The van der Waals surface area contributed by atoms with Crippen molar-refractivity contribution >= 4 is 0 Å². The largest absolute Gasteiger partial charge is 0.286 e. The van der Waals surface area contributed by atoms with E-state index in [0.29, 0.717) is 0 Å². The highest BCUT2D eigenvalue weighted by Crippen LogP contribution is 2.24. The van der Waals surface area contributed by atoms with E-state index in [9.17, 15) is 0 Å². The molecule has 1 atom stereocenters. The molecule has 68 valence electrons. The van der Waals surface area contributed by atoms with E-state index in [0.717, 1.165) is 25.9 Å². The molecule has 1 saturated heterocycles. The van der Waals surface area contributed by atoms with E-state index < -0.39 is 0 Å². The van der Waals surface area contributed by atoms with Crippen LogP contribution in [-0.2, 0) is 0 Å². The van der Waals surface area contributed by atoms with Gasteiger partial charge in [-0.15, -0.1) is 0 Å². The van der Waals surface area contributed by atoms with Gasteiger partial charge in [-0.3, -0.25) is 4.90 Å². The van der Waals surface area contributed by atoms with Crippen LogP contribution in [0.3, 0.4) is 0 Å². The molecule has 1 fully saturated rings. The minimum Gasteiger partial charge on any atom is -0.286 e. The third kappa shape index (κ3) is 1.78. The zero-order valence-electron chi connectivity index (χ0n) is 8.14. The number of nitrogens with zero attached hydrogens (tertiary/aromatic N) is 2. The highest BCUT2D eigenvalue weighted by molar-refractivity contribution is 5.05. The molecular formula is C10H18N2. The Balaban J connectivity index is 2.59. The highest BCUT2D eigenvalue weighted by Gasteiger charge is 2.32. The predicted molar refractivity (Wildman–Crippen MR) is 49.7 cm³/mol. The van der Waals surface area contributed by atoms with E-state index >= 15 is 0 Å². The van der Waals surface area contributed by atoms with Gasteiger partial charge in [0.05, 0.1) is 6.07 Å². The molecule has 0 amide bonds.